The minimum absolute atomic E-state index is 0.234. The molecule has 0 aliphatic heterocycles. The molecular formula is C15H25NO. The zero-order chi connectivity index (χ0) is 12.9. The van der Waals surface area contributed by atoms with E-state index in [1.165, 1.54) is 5.56 Å². The maximum atomic E-state index is 5.33. The van der Waals surface area contributed by atoms with Crippen LogP contribution in [0.3, 0.4) is 0 Å². The monoisotopic (exact) mass is 235 g/mol. The number of nitrogens with zero attached hydrogens (tertiary/aromatic N) is 1. The molecular weight excluding hydrogens is 210 g/mol. The summed E-state index contributed by atoms with van der Waals surface area (Å²) in [4.78, 5) is 2.27. The van der Waals surface area contributed by atoms with E-state index in [1.807, 2.05) is 6.07 Å². The van der Waals surface area contributed by atoms with E-state index < -0.39 is 0 Å². The summed E-state index contributed by atoms with van der Waals surface area (Å²) in [6.07, 6.45) is 2.30. The van der Waals surface area contributed by atoms with Crippen LogP contribution in [0.2, 0.25) is 0 Å². The highest BCUT2D eigenvalue weighted by Crippen LogP contribution is 2.33. The summed E-state index contributed by atoms with van der Waals surface area (Å²) >= 11 is 0. The van der Waals surface area contributed by atoms with E-state index in [4.69, 9.17) is 4.74 Å². The molecule has 0 bridgehead atoms. The fraction of sp³-hybridized carbons (Fsp3) is 0.600. The van der Waals surface area contributed by atoms with E-state index >= 15 is 0 Å². The highest BCUT2D eigenvalue weighted by molar-refractivity contribution is 5.34. The van der Waals surface area contributed by atoms with Gasteiger partial charge >= 0.3 is 0 Å². The molecule has 0 saturated heterocycles. The van der Waals surface area contributed by atoms with Crippen LogP contribution in [-0.4, -0.2) is 32.6 Å². The lowest BCUT2D eigenvalue weighted by Gasteiger charge is -2.35. The van der Waals surface area contributed by atoms with Gasteiger partial charge in [0.05, 0.1) is 7.11 Å². The third-order valence-electron chi connectivity index (χ3n) is 3.65. The lowest BCUT2D eigenvalue weighted by atomic mass is 9.75. The molecule has 0 unspecified atom stereocenters. The van der Waals surface area contributed by atoms with Gasteiger partial charge in [-0.2, -0.15) is 0 Å². The molecule has 1 aromatic carbocycles. The van der Waals surface area contributed by atoms with Gasteiger partial charge in [0.2, 0.25) is 0 Å². The Morgan fingerprint density at radius 2 is 1.82 bits per heavy atom. The number of ether oxygens (including phenoxy) is 1. The van der Waals surface area contributed by atoms with Crippen molar-refractivity contribution in [3.63, 3.8) is 0 Å². The van der Waals surface area contributed by atoms with Crippen molar-refractivity contribution in [1.29, 1.82) is 0 Å². The zero-order valence-corrected chi connectivity index (χ0v) is 11.8. The predicted octanol–water partition coefficient (Wildman–Crippen LogP) is 3.31. The van der Waals surface area contributed by atoms with Crippen LogP contribution in [0.5, 0.6) is 5.75 Å². The Labute approximate surface area is 106 Å². The van der Waals surface area contributed by atoms with E-state index in [0.29, 0.717) is 0 Å². The number of methoxy groups -OCH3 is 1. The number of hydrogen-bond acceptors (Lipinski definition) is 2. The molecule has 0 saturated carbocycles. The Morgan fingerprint density at radius 1 is 1.18 bits per heavy atom. The molecule has 0 atom stereocenters. The van der Waals surface area contributed by atoms with Crippen LogP contribution in [0.4, 0.5) is 0 Å². The molecule has 0 fully saturated rings. The van der Waals surface area contributed by atoms with Gasteiger partial charge in [0.25, 0.3) is 0 Å². The van der Waals surface area contributed by atoms with Crippen molar-refractivity contribution in [1.82, 2.24) is 4.90 Å². The Kier molecular flexibility index (Phi) is 5.01. The predicted molar refractivity (Wildman–Crippen MR) is 73.8 cm³/mol. The smallest absolute Gasteiger partial charge is 0.119 e. The molecule has 2 nitrogen and oxygen atoms in total. The summed E-state index contributed by atoms with van der Waals surface area (Å²) in [5.74, 6) is 0.951. The average Bonchev–Trinajstić information content (AvgIpc) is 2.36. The number of rotatable bonds is 6. The fourth-order valence-corrected chi connectivity index (χ4v) is 2.53. The standard InChI is InChI=1S/C15H25NO/c1-6-15(7-2,12-16(3)4)13-9-8-10-14(11-13)17-5/h8-11H,6-7,12H2,1-5H3. The van der Waals surface area contributed by atoms with Crippen LogP contribution >= 0.6 is 0 Å². The van der Waals surface area contributed by atoms with Crippen molar-refractivity contribution in [2.45, 2.75) is 32.1 Å². The summed E-state index contributed by atoms with van der Waals surface area (Å²) in [7, 11) is 6.01. The van der Waals surface area contributed by atoms with Gasteiger partial charge < -0.3 is 9.64 Å². The molecule has 0 aromatic heterocycles. The lowest BCUT2D eigenvalue weighted by molar-refractivity contribution is 0.264. The van der Waals surface area contributed by atoms with Crippen LogP contribution in [0.15, 0.2) is 24.3 Å². The van der Waals surface area contributed by atoms with E-state index in [9.17, 15) is 0 Å². The Hall–Kier alpha value is -1.02. The van der Waals surface area contributed by atoms with Crippen molar-refractivity contribution < 1.29 is 4.74 Å². The highest BCUT2D eigenvalue weighted by Gasteiger charge is 2.29. The summed E-state index contributed by atoms with van der Waals surface area (Å²) in [6.45, 7) is 5.62. The zero-order valence-electron chi connectivity index (χ0n) is 11.8. The molecule has 0 aliphatic carbocycles. The van der Waals surface area contributed by atoms with Gasteiger partial charge in [-0.05, 0) is 44.6 Å². The molecule has 2 heteroatoms. The van der Waals surface area contributed by atoms with Gasteiger partial charge in [-0.3, -0.25) is 0 Å². The second-order valence-electron chi connectivity index (χ2n) is 4.96. The molecule has 17 heavy (non-hydrogen) atoms. The Morgan fingerprint density at radius 3 is 2.29 bits per heavy atom. The van der Waals surface area contributed by atoms with Gasteiger partial charge in [0.15, 0.2) is 0 Å². The van der Waals surface area contributed by atoms with E-state index in [-0.39, 0.29) is 5.41 Å². The van der Waals surface area contributed by atoms with Gasteiger partial charge in [-0.1, -0.05) is 26.0 Å². The molecule has 0 spiro atoms. The van der Waals surface area contributed by atoms with Crippen LogP contribution in [0.1, 0.15) is 32.3 Å². The summed E-state index contributed by atoms with van der Waals surface area (Å²) in [5.41, 5.74) is 1.62. The average molecular weight is 235 g/mol. The Bertz CT molecular complexity index is 343. The largest absolute Gasteiger partial charge is 0.497 e. The topological polar surface area (TPSA) is 12.5 Å². The first-order chi connectivity index (χ1) is 8.07. The van der Waals surface area contributed by atoms with Crippen LogP contribution in [-0.2, 0) is 5.41 Å². The quantitative estimate of drug-likeness (QED) is 0.750. The summed E-state index contributed by atoms with van der Waals surface area (Å²) in [6, 6.07) is 8.49. The van der Waals surface area contributed by atoms with Gasteiger partial charge in [-0.25, -0.2) is 0 Å². The second-order valence-corrected chi connectivity index (χ2v) is 4.96. The van der Waals surface area contributed by atoms with Crippen LogP contribution < -0.4 is 4.74 Å². The number of likely N-dealkylation sites (N-methyl/N-ethyl adjacent to an activating group) is 1. The van der Waals surface area contributed by atoms with Gasteiger partial charge in [0, 0.05) is 12.0 Å². The molecule has 1 rings (SSSR count). The van der Waals surface area contributed by atoms with Crippen molar-refractivity contribution in [3.8, 4) is 5.75 Å². The molecule has 1 aromatic rings. The third kappa shape index (κ3) is 3.22. The maximum absolute atomic E-state index is 5.33. The van der Waals surface area contributed by atoms with E-state index in [0.717, 1.165) is 25.1 Å². The molecule has 0 amide bonds. The van der Waals surface area contributed by atoms with Crippen LogP contribution in [0, 0.1) is 0 Å². The minimum Gasteiger partial charge on any atom is -0.497 e. The Balaban J connectivity index is 3.11. The van der Waals surface area contributed by atoms with Crippen molar-refractivity contribution in [3.05, 3.63) is 29.8 Å². The second kappa shape index (κ2) is 6.06. The normalized spacial score (nSPS) is 11.9. The molecule has 0 radical (unpaired) electrons. The van der Waals surface area contributed by atoms with Gasteiger partial charge in [-0.15, -0.1) is 0 Å². The van der Waals surface area contributed by atoms with Crippen LogP contribution in [0.25, 0.3) is 0 Å². The summed E-state index contributed by atoms with van der Waals surface area (Å²) < 4.78 is 5.33. The highest BCUT2D eigenvalue weighted by atomic mass is 16.5. The minimum atomic E-state index is 0.234. The van der Waals surface area contributed by atoms with Crippen molar-refractivity contribution in [2.24, 2.45) is 0 Å². The number of hydrogen-bond donors (Lipinski definition) is 0. The van der Waals surface area contributed by atoms with Crippen molar-refractivity contribution >= 4 is 0 Å². The first-order valence-electron chi connectivity index (χ1n) is 6.37. The molecule has 96 valence electrons. The summed E-state index contributed by atoms with van der Waals surface area (Å²) in [5, 5.41) is 0. The third-order valence-corrected chi connectivity index (χ3v) is 3.65. The van der Waals surface area contributed by atoms with E-state index in [1.54, 1.807) is 7.11 Å². The van der Waals surface area contributed by atoms with E-state index in [2.05, 4.69) is 51.0 Å². The fourth-order valence-electron chi connectivity index (χ4n) is 2.53. The maximum Gasteiger partial charge on any atom is 0.119 e. The SMILES string of the molecule is CCC(CC)(CN(C)C)c1cccc(OC)c1. The first-order valence-corrected chi connectivity index (χ1v) is 6.37. The first kappa shape index (κ1) is 14.0. The molecule has 0 aliphatic rings. The molecule has 0 N–H and O–H groups in total. The van der Waals surface area contributed by atoms with Crippen molar-refractivity contribution in [2.75, 3.05) is 27.7 Å². The van der Waals surface area contributed by atoms with Gasteiger partial charge in [0.1, 0.15) is 5.75 Å². The lowest BCUT2D eigenvalue weighted by Crippen LogP contribution is -2.36. The number of benzene rings is 1. The molecule has 0 heterocycles.